The lowest BCUT2D eigenvalue weighted by Crippen LogP contribution is -2.13. The van der Waals surface area contributed by atoms with Crippen molar-refractivity contribution in [1.82, 2.24) is 4.98 Å². The summed E-state index contributed by atoms with van der Waals surface area (Å²) in [6.45, 7) is 3.43. The quantitative estimate of drug-likeness (QED) is 0.856. The van der Waals surface area contributed by atoms with Gasteiger partial charge in [-0.25, -0.2) is 4.98 Å². The maximum absolute atomic E-state index is 12.3. The average molecular weight is 290 g/mol. The largest absolute Gasteiger partial charge is 0.417 e. The van der Waals surface area contributed by atoms with E-state index >= 15 is 0 Å². The lowest BCUT2D eigenvalue weighted by Gasteiger charge is -2.14. The minimum atomic E-state index is -4.45. The average Bonchev–Trinajstić information content (AvgIpc) is 2.35. The Morgan fingerprint density at radius 3 is 2.42 bits per heavy atom. The van der Waals surface area contributed by atoms with Crippen LogP contribution in [0.5, 0.6) is 0 Å². The Balaban J connectivity index is 2.72. The summed E-state index contributed by atoms with van der Waals surface area (Å²) in [5.41, 5.74) is -1.48. The normalized spacial score (nSPS) is 13.9. The second-order valence-corrected chi connectivity index (χ2v) is 6.20. The van der Waals surface area contributed by atoms with Gasteiger partial charge in [0.25, 0.3) is 0 Å². The summed E-state index contributed by atoms with van der Waals surface area (Å²) in [6, 6.07) is 4.04. The van der Waals surface area contributed by atoms with Gasteiger partial charge >= 0.3 is 6.18 Å². The van der Waals surface area contributed by atoms with Crippen LogP contribution in [0.4, 0.5) is 13.2 Å². The number of halogens is 3. The zero-order valence-electron chi connectivity index (χ0n) is 10.5. The lowest BCUT2D eigenvalue weighted by atomic mass is 9.93. The first kappa shape index (κ1) is 15.6. The number of alkyl halides is 3. The van der Waals surface area contributed by atoms with Crippen LogP contribution in [-0.2, 0) is 17.0 Å². The molecule has 7 heteroatoms. The molecule has 0 N–H and O–H groups in total. The Morgan fingerprint density at radius 1 is 1.37 bits per heavy atom. The highest BCUT2D eigenvalue weighted by molar-refractivity contribution is 7.84. The molecule has 1 heterocycles. The van der Waals surface area contributed by atoms with Crippen molar-refractivity contribution in [3.63, 3.8) is 0 Å². The molecule has 0 aliphatic rings. The van der Waals surface area contributed by atoms with E-state index in [0.29, 0.717) is 12.6 Å². The predicted molar refractivity (Wildman–Crippen MR) is 64.5 cm³/mol. The maximum Gasteiger partial charge on any atom is 0.417 e. The van der Waals surface area contributed by atoms with Gasteiger partial charge in [-0.2, -0.15) is 18.4 Å². The van der Waals surface area contributed by atoms with Gasteiger partial charge < -0.3 is 0 Å². The fourth-order valence-electron chi connectivity index (χ4n) is 1.19. The molecule has 0 bridgehead atoms. The van der Waals surface area contributed by atoms with Crippen molar-refractivity contribution in [2.45, 2.75) is 31.5 Å². The molecule has 1 aromatic rings. The zero-order chi connectivity index (χ0) is 14.7. The Hall–Kier alpha value is -1.42. The highest BCUT2D eigenvalue weighted by Crippen LogP contribution is 2.28. The van der Waals surface area contributed by atoms with Gasteiger partial charge in [-0.05, 0) is 32.4 Å². The predicted octanol–water partition coefficient (Wildman–Crippen LogP) is 3.15. The first-order valence-electron chi connectivity index (χ1n) is 5.48. The van der Waals surface area contributed by atoms with Crippen molar-refractivity contribution >= 4 is 10.8 Å². The van der Waals surface area contributed by atoms with Crippen molar-refractivity contribution in [1.29, 1.82) is 5.26 Å². The van der Waals surface area contributed by atoms with E-state index in [0.717, 1.165) is 12.1 Å². The lowest BCUT2D eigenvalue weighted by molar-refractivity contribution is -0.137. The Morgan fingerprint density at radius 2 is 2.00 bits per heavy atom. The van der Waals surface area contributed by atoms with E-state index in [1.807, 2.05) is 0 Å². The molecule has 0 aromatic carbocycles. The number of nitrogens with zero attached hydrogens (tertiary/aromatic N) is 2. The third-order valence-corrected chi connectivity index (χ3v) is 3.79. The van der Waals surface area contributed by atoms with Crippen LogP contribution in [0, 0.1) is 16.7 Å². The summed E-state index contributed by atoms with van der Waals surface area (Å²) < 4.78 is 48.8. The summed E-state index contributed by atoms with van der Waals surface area (Å²) in [4.78, 5) is 3.57. The summed E-state index contributed by atoms with van der Waals surface area (Å²) in [5.74, 6) is 0.193. The van der Waals surface area contributed by atoms with E-state index in [9.17, 15) is 17.4 Å². The third-order valence-electron chi connectivity index (χ3n) is 2.51. The standard InChI is InChI=1S/C12H13F3N2OS/c1-11(2,8-16)5-6-19(18)10-4-3-9(7-17-10)12(13,14)15/h3-4,7H,5-6H2,1-2H3. The third kappa shape index (κ3) is 4.63. The van der Waals surface area contributed by atoms with Crippen LogP contribution in [0.25, 0.3) is 0 Å². The Bertz CT molecular complexity index is 503. The number of hydrogen-bond donors (Lipinski definition) is 0. The van der Waals surface area contributed by atoms with Gasteiger partial charge in [0.1, 0.15) is 5.03 Å². The molecule has 0 fully saturated rings. The molecular weight excluding hydrogens is 277 g/mol. The monoisotopic (exact) mass is 290 g/mol. The van der Waals surface area contributed by atoms with Gasteiger partial charge in [0.05, 0.1) is 27.8 Å². The molecular formula is C12H13F3N2OS. The summed E-state index contributed by atoms with van der Waals surface area (Å²) in [7, 11) is -1.50. The molecule has 1 unspecified atom stereocenters. The first-order chi connectivity index (χ1) is 8.65. The van der Waals surface area contributed by atoms with Gasteiger partial charge in [0.15, 0.2) is 0 Å². The molecule has 0 aliphatic carbocycles. The van der Waals surface area contributed by atoms with Crippen molar-refractivity contribution in [3.8, 4) is 6.07 Å². The van der Waals surface area contributed by atoms with Gasteiger partial charge in [0.2, 0.25) is 0 Å². The molecule has 0 saturated heterocycles. The number of aromatic nitrogens is 1. The van der Waals surface area contributed by atoms with Gasteiger partial charge in [-0.15, -0.1) is 0 Å². The Labute approximate surface area is 111 Å². The molecule has 1 atom stereocenters. The van der Waals surface area contributed by atoms with Crippen molar-refractivity contribution in [2.75, 3.05) is 5.75 Å². The summed E-state index contributed by atoms with van der Waals surface area (Å²) in [6.07, 6.45) is -3.39. The van der Waals surface area contributed by atoms with E-state index in [-0.39, 0.29) is 10.8 Å². The molecule has 0 amide bonds. The van der Waals surface area contributed by atoms with Crippen LogP contribution >= 0.6 is 0 Å². The van der Waals surface area contributed by atoms with Crippen LogP contribution < -0.4 is 0 Å². The fraction of sp³-hybridized carbons (Fsp3) is 0.500. The second kappa shape index (κ2) is 5.70. The molecule has 0 aliphatic heterocycles. The molecule has 0 saturated carbocycles. The van der Waals surface area contributed by atoms with E-state index in [1.54, 1.807) is 13.8 Å². The van der Waals surface area contributed by atoms with Crippen LogP contribution in [0.1, 0.15) is 25.8 Å². The highest BCUT2D eigenvalue weighted by atomic mass is 32.2. The molecule has 1 rings (SSSR count). The summed E-state index contributed by atoms with van der Waals surface area (Å²) >= 11 is 0. The summed E-state index contributed by atoms with van der Waals surface area (Å²) in [5, 5.41) is 8.91. The van der Waals surface area contributed by atoms with Crippen molar-refractivity contribution < 1.29 is 17.4 Å². The highest BCUT2D eigenvalue weighted by Gasteiger charge is 2.30. The zero-order valence-corrected chi connectivity index (χ0v) is 11.3. The van der Waals surface area contributed by atoms with E-state index < -0.39 is 28.0 Å². The van der Waals surface area contributed by atoms with Gasteiger partial charge in [-0.3, -0.25) is 4.21 Å². The maximum atomic E-state index is 12.3. The first-order valence-corrected chi connectivity index (χ1v) is 6.80. The van der Waals surface area contributed by atoms with E-state index in [1.165, 1.54) is 0 Å². The van der Waals surface area contributed by atoms with Crippen molar-refractivity contribution in [3.05, 3.63) is 23.9 Å². The van der Waals surface area contributed by atoms with Gasteiger partial charge in [-0.1, -0.05) is 0 Å². The van der Waals surface area contributed by atoms with Crippen LogP contribution in [0.3, 0.4) is 0 Å². The molecule has 104 valence electrons. The molecule has 0 radical (unpaired) electrons. The molecule has 1 aromatic heterocycles. The second-order valence-electron chi connectivity index (χ2n) is 4.68. The Kier molecular flexibility index (Phi) is 4.69. The number of nitriles is 1. The van der Waals surface area contributed by atoms with E-state index in [4.69, 9.17) is 5.26 Å². The number of rotatable bonds is 4. The van der Waals surface area contributed by atoms with E-state index in [2.05, 4.69) is 11.1 Å². The van der Waals surface area contributed by atoms with Gasteiger partial charge in [0, 0.05) is 11.9 Å². The SMILES string of the molecule is CC(C)(C#N)CCS(=O)c1ccc(C(F)(F)F)cn1. The molecule has 0 spiro atoms. The van der Waals surface area contributed by atoms with Crippen molar-refractivity contribution in [2.24, 2.45) is 5.41 Å². The number of pyridine rings is 1. The van der Waals surface area contributed by atoms with Crippen LogP contribution in [0.15, 0.2) is 23.4 Å². The smallest absolute Gasteiger partial charge is 0.253 e. The minimum absolute atomic E-state index is 0.0988. The molecule has 19 heavy (non-hydrogen) atoms. The number of hydrogen-bond acceptors (Lipinski definition) is 3. The van der Waals surface area contributed by atoms with Crippen LogP contribution in [-0.4, -0.2) is 14.9 Å². The minimum Gasteiger partial charge on any atom is -0.253 e. The topological polar surface area (TPSA) is 53.8 Å². The van der Waals surface area contributed by atoms with Crippen LogP contribution in [0.2, 0.25) is 0 Å². The molecule has 3 nitrogen and oxygen atoms in total. The fourth-order valence-corrected chi connectivity index (χ4v) is 2.49.